The Labute approximate surface area is 103 Å². The minimum atomic E-state index is -0.212. The molecule has 0 atom stereocenters. The molecule has 5 heteroatoms. The topological polar surface area (TPSA) is 53.4 Å². The van der Waals surface area contributed by atoms with Gasteiger partial charge in [0.05, 0.1) is 11.8 Å². The molecule has 0 radical (unpaired) electrons. The highest BCUT2D eigenvalue weighted by molar-refractivity contribution is 7.07. The highest BCUT2D eigenvalue weighted by Crippen LogP contribution is 2.17. The molecule has 0 saturated carbocycles. The summed E-state index contributed by atoms with van der Waals surface area (Å²) in [5, 5.41) is 13.5. The SMILES string of the molecule is CN(Cc1ccsc1)C(=O)c1ccncc1O. The molecule has 4 nitrogen and oxygen atoms in total. The van der Waals surface area contributed by atoms with E-state index in [9.17, 15) is 9.90 Å². The molecule has 0 aliphatic carbocycles. The van der Waals surface area contributed by atoms with Crippen molar-refractivity contribution in [2.75, 3.05) is 7.05 Å². The zero-order valence-electron chi connectivity index (χ0n) is 9.33. The quantitative estimate of drug-likeness (QED) is 0.905. The molecule has 88 valence electrons. The molecule has 0 saturated heterocycles. The zero-order valence-corrected chi connectivity index (χ0v) is 10.1. The van der Waals surface area contributed by atoms with Crippen LogP contribution in [0.15, 0.2) is 35.3 Å². The predicted octanol–water partition coefficient (Wildman–Crippen LogP) is 2.12. The van der Waals surface area contributed by atoms with Gasteiger partial charge in [0.25, 0.3) is 5.91 Å². The van der Waals surface area contributed by atoms with Crippen LogP contribution in [0.1, 0.15) is 15.9 Å². The van der Waals surface area contributed by atoms with Crippen LogP contribution in [0.4, 0.5) is 0 Å². The maximum atomic E-state index is 12.0. The number of hydrogen-bond acceptors (Lipinski definition) is 4. The van der Waals surface area contributed by atoms with Gasteiger partial charge in [-0.05, 0) is 28.5 Å². The van der Waals surface area contributed by atoms with Gasteiger partial charge in [0.1, 0.15) is 5.75 Å². The lowest BCUT2D eigenvalue weighted by atomic mass is 10.2. The minimum Gasteiger partial charge on any atom is -0.505 e. The number of aromatic nitrogens is 1. The molecule has 0 unspecified atom stereocenters. The van der Waals surface area contributed by atoms with Crippen LogP contribution >= 0.6 is 11.3 Å². The van der Waals surface area contributed by atoms with Crippen molar-refractivity contribution in [3.05, 3.63) is 46.4 Å². The molecule has 2 aromatic rings. The smallest absolute Gasteiger partial charge is 0.257 e. The Morgan fingerprint density at radius 1 is 1.53 bits per heavy atom. The fraction of sp³-hybridized carbons (Fsp3) is 0.167. The lowest BCUT2D eigenvalue weighted by molar-refractivity contribution is 0.0782. The molecule has 0 spiro atoms. The second-order valence-electron chi connectivity index (χ2n) is 3.69. The van der Waals surface area contributed by atoms with Gasteiger partial charge in [-0.3, -0.25) is 9.78 Å². The monoisotopic (exact) mass is 248 g/mol. The molecular formula is C12H12N2O2S. The van der Waals surface area contributed by atoms with Crippen LogP contribution < -0.4 is 0 Å². The first-order valence-electron chi connectivity index (χ1n) is 5.08. The van der Waals surface area contributed by atoms with Crippen molar-refractivity contribution >= 4 is 17.2 Å². The average Bonchev–Trinajstić information content (AvgIpc) is 2.81. The van der Waals surface area contributed by atoms with Gasteiger partial charge in [0, 0.05) is 19.8 Å². The Balaban J connectivity index is 2.13. The maximum absolute atomic E-state index is 12.0. The number of amides is 1. The van der Waals surface area contributed by atoms with Crippen LogP contribution in [0, 0.1) is 0 Å². The van der Waals surface area contributed by atoms with E-state index in [1.165, 1.54) is 18.5 Å². The molecule has 0 aromatic carbocycles. The van der Waals surface area contributed by atoms with Crippen molar-refractivity contribution in [2.45, 2.75) is 6.54 Å². The van der Waals surface area contributed by atoms with Gasteiger partial charge in [0.15, 0.2) is 0 Å². The molecule has 17 heavy (non-hydrogen) atoms. The highest BCUT2D eigenvalue weighted by Gasteiger charge is 2.15. The minimum absolute atomic E-state index is 0.0883. The molecular weight excluding hydrogens is 236 g/mol. The number of thiophene rings is 1. The number of hydrogen-bond donors (Lipinski definition) is 1. The number of carbonyl (C=O) groups excluding carboxylic acids is 1. The van der Waals surface area contributed by atoms with Crippen LogP contribution in [0.25, 0.3) is 0 Å². The Bertz CT molecular complexity index is 511. The Hall–Kier alpha value is -1.88. The molecule has 1 N–H and O–H groups in total. The number of pyridine rings is 1. The van der Waals surface area contributed by atoms with E-state index in [0.29, 0.717) is 6.54 Å². The summed E-state index contributed by atoms with van der Waals surface area (Å²) in [6, 6.07) is 3.49. The molecule has 0 aliphatic rings. The van der Waals surface area contributed by atoms with E-state index < -0.39 is 0 Å². The Morgan fingerprint density at radius 3 is 3.00 bits per heavy atom. The summed E-state index contributed by atoms with van der Waals surface area (Å²) in [5.74, 6) is -0.300. The Kier molecular flexibility index (Phi) is 3.39. The van der Waals surface area contributed by atoms with Crippen LogP contribution in [0.2, 0.25) is 0 Å². The van der Waals surface area contributed by atoms with Crippen molar-refractivity contribution in [1.29, 1.82) is 0 Å². The van der Waals surface area contributed by atoms with E-state index in [2.05, 4.69) is 4.98 Å². The first-order chi connectivity index (χ1) is 8.18. The standard InChI is InChI=1S/C12H12N2O2S/c1-14(7-9-3-5-17-8-9)12(16)10-2-4-13-6-11(10)15/h2-6,8,15H,7H2,1H3. The predicted molar refractivity (Wildman–Crippen MR) is 66.0 cm³/mol. The van der Waals surface area contributed by atoms with Gasteiger partial charge in [0.2, 0.25) is 0 Å². The van der Waals surface area contributed by atoms with Gasteiger partial charge in [-0.2, -0.15) is 11.3 Å². The second-order valence-corrected chi connectivity index (χ2v) is 4.47. The van der Waals surface area contributed by atoms with E-state index in [4.69, 9.17) is 0 Å². The summed E-state index contributed by atoms with van der Waals surface area (Å²) in [6.45, 7) is 0.532. The fourth-order valence-corrected chi connectivity index (χ4v) is 2.16. The molecule has 0 bridgehead atoms. The molecule has 1 amide bonds. The average molecular weight is 248 g/mol. The van der Waals surface area contributed by atoms with Gasteiger partial charge < -0.3 is 10.0 Å². The Morgan fingerprint density at radius 2 is 2.35 bits per heavy atom. The van der Waals surface area contributed by atoms with E-state index in [-0.39, 0.29) is 17.2 Å². The van der Waals surface area contributed by atoms with E-state index in [1.54, 1.807) is 23.3 Å². The summed E-state index contributed by atoms with van der Waals surface area (Å²) >= 11 is 1.59. The van der Waals surface area contributed by atoms with Crippen LogP contribution in [-0.2, 0) is 6.54 Å². The van der Waals surface area contributed by atoms with Crippen molar-refractivity contribution in [1.82, 2.24) is 9.88 Å². The van der Waals surface area contributed by atoms with Gasteiger partial charge in [-0.15, -0.1) is 0 Å². The maximum Gasteiger partial charge on any atom is 0.257 e. The molecule has 0 fully saturated rings. The summed E-state index contributed by atoms with van der Waals surface area (Å²) in [7, 11) is 1.71. The molecule has 2 aromatic heterocycles. The lowest BCUT2D eigenvalue weighted by Crippen LogP contribution is -2.26. The largest absolute Gasteiger partial charge is 0.505 e. The molecule has 2 rings (SSSR count). The van der Waals surface area contributed by atoms with Crippen LogP contribution in [-0.4, -0.2) is 27.9 Å². The molecule has 2 heterocycles. The lowest BCUT2D eigenvalue weighted by Gasteiger charge is -2.16. The first-order valence-corrected chi connectivity index (χ1v) is 6.02. The summed E-state index contributed by atoms with van der Waals surface area (Å²) in [5.41, 5.74) is 1.36. The zero-order chi connectivity index (χ0) is 12.3. The van der Waals surface area contributed by atoms with Crippen molar-refractivity contribution < 1.29 is 9.90 Å². The first kappa shape index (κ1) is 11.6. The van der Waals surface area contributed by atoms with Crippen molar-refractivity contribution in [3.8, 4) is 5.75 Å². The van der Waals surface area contributed by atoms with Gasteiger partial charge in [-0.25, -0.2) is 0 Å². The van der Waals surface area contributed by atoms with E-state index in [0.717, 1.165) is 5.56 Å². The van der Waals surface area contributed by atoms with Crippen LogP contribution in [0.3, 0.4) is 0 Å². The summed E-state index contributed by atoms with van der Waals surface area (Å²) < 4.78 is 0. The van der Waals surface area contributed by atoms with E-state index in [1.807, 2.05) is 16.8 Å². The van der Waals surface area contributed by atoms with Crippen molar-refractivity contribution in [2.24, 2.45) is 0 Å². The normalized spacial score (nSPS) is 10.2. The van der Waals surface area contributed by atoms with Gasteiger partial charge in [-0.1, -0.05) is 0 Å². The third-order valence-electron chi connectivity index (χ3n) is 2.38. The third-order valence-corrected chi connectivity index (χ3v) is 3.11. The third kappa shape index (κ3) is 2.62. The molecule has 0 aliphatic heterocycles. The van der Waals surface area contributed by atoms with Crippen LogP contribution in [0.5, 0.6) is 5.75 Å². The number of nitrogens with zero attached hydrogens (tertiary/aromatic N) is 2. The van der Waals surface area contributed by atoms with E-state index >= 15 is 0 Å². The fourth-order valence-electron chi connectivity index (χ4n) is 1.50. The summed E-state index contributed by atoms with van der Waals surface area (Å²) in [4.78, 5) is 17.3. The highest BCUT2D eigenvalue weighted by atomic mass is 32.1. The second kappa shape index (κ2) is 4.97. The number of rotatable bonds is 3. The number of aromatic hydroxyl groups is 1. The summed E-state index contributed by atoms with van der Waals surface area (Å²) in [6.07, 6.45) is 2.76. The number of carbonyl (C=O) groups is 1. The van der Waals surface area contributed by atoms with Crippen molar-refractivity contribution in [3.63, 3.8) is 0 Å². The van der Waals surface area contributed by atoms with Gasteiger partial charge >= 0.3 is 0 Å².